The number of halogens is 3. The van der Waals surface area contributed by atoms with Crippen molar-refractivity contribution in [3.8, 4) is 11.5 Å². The van der Waals surface area contributed by atoms with Gasteiger partial charge in [-0.05, 0) is 36.4 Å². The second kappa shape index (κ2) is 15.6. The summed E-state index contributed by atoms with van der Waals surface area (Å²) in [6, 6.07) is 19.3. The van der Waals surface area contributed by atoms with Gasteiger partial charge in [-0.25, -0.2) is 4.98 Å². The average molecular weight is 688 g/mol. The van der Waals surface area contributed by atoms with Crippen LogP contribution in [0.4, 0.5) is 11.4 Å². The van der Waals surface area contributed by atoms with Gasteiger partial charge in [0.2, 0.25) is 11.8 Å². The third-order valence-corrected chi connectivity index (χ3v) is 9.06. The SMILES string of the molecule is COc1cc(N2CCN(C(=O)CCl)CC2)ccc1Cl.COc1cc(N2CCN(C(=O)Cn3cnc4ccccc43)CC2)ccc1Cl. The van der Waals surface area contributed by atoms with Gasteiger partial charge in [0.05, 0.1) is 41.6 Å². The average Bonchev–Trinajstić information content (AvgIpc) is 3.51. The van der Waals surface area contributed by atoms with Crippen LogP contribution in [0.1, 0.15) is 0 Å². The minimum atomic E-state index is -0.00463. The van der Waals surface area contributed by atoms with Crippen molar-refractivity contribution in [2.45, 2.75) is 6.54 Å². The molecule has 46 heavy (non-hydrogen) atoms. The van der Waals surface area contributed by atoms with Crippen molar-refractivity contribution in [3.05, 3.63) is 77.0 Å². The molecule has 0 radical (unpaired) electrons. The molecule has 10 nitrogen and oxygen atoms in total. The molecule has 0 saturated carbocycles. The Morgan fingerprint density at radius 3 is 1.72 bits per heavy atom. The third-order valence-electron chi connectivity index (χ3n) is 8.21. The quantitative estimate of drug-likeness (QED) is 0.245. The number of rotatable bonds is 7. The molecule has 2 fully saturated rings. The van der Waals surface area contributed by atoms with E-state index in [-0.39, 0.29) is 17.7 Å². The van der Waals surface area contributed by atoms with Gasteiger partial charge in [-0.1, -0.05) is 35.3 Å². The number of ether oxygens (including phenoxy) is 2. The molecule has 2 amide bonds. The molecule has 1 aromatic heterocycles. The fourth-order valence-electron chi connectivity index (χ4n) is 5.58. The van der Waals surface area contributed by atoms with E-state index >= 15 is 0 Å². The summed E-state index contributed by atoms with van der Waals surface area (Å²) < 4.78 is 12.4. The van der Waals surface area contributed by atoms with Crippen molar-refractivity contribution in [1.29, 1.82) is 0 Å². The van der Waals surface area contributed by atoms with Crippen LogP contribution in [0.5, 0.6) is 11.5 Å². The van der Waals surface area contributed by atoms with E-state index in [1.165, 1.54) is 0 Å². The summed E-state index contributed by atoms with van der Waals surface area (Å²) >= 11 is 17.7. The number of nitrogens with zero attached hydrogens (tertiary/aromatic N) is 6. The smallest absolute Gasteiger partial charge is 0.242 e. The second-order valence-corrected chi connectivity index (χ2v) is 11.9. The summed E-state index contributed by atoms with van der Waals surface area (Å²) in [6.07, 6.45) is 1.73. The zero-order valence-corrected chi connectivity index (χ0v) is 28.1. The third kappa shape index (κ3) is 7.92. The van der Waals surface area contributed by atoms with Gasteiger partial charge in [-0.15, -0.1) is 11.6 Å². The number of aromatic nitrogens is 2. The lowest BCUT2D eigenvalue weighted by atomic mass is 10.2. The zero-order valence-electron chi connectivity index (χ0n) is 25.9. The van der Waals surface area contributed by atoms with Gasteiger partial charge in [-0.3, -0.25) is 9.59 Å². The van der Waals surface area contributed by atoms with Gasteiger partial charge in [0.25, 0.3) is 0 Å². The first kappa shape index (κ1) is 33.5. The van der Waals surface area contributed by atoms with Crippen molar-refractivity contribution in [3.63, 3.8) is 0 Å². The minimum absolute atomic E-state index is 0.00463. The number of methoxy groups -OCH3 is 2. The van der Waals surface area contributed by atoms with E-state index in [1.807, 2.05) is 70.1 Å². The molecule has 13 heteroatoms. The molecule has 0 bridgehead atoms. The summed E-state index contributed by atoms with van der Waals surface area (Å²) in [7, 11) is 3.21. The molecule has 0 atom stereocenters. The number of imidazole rings is 1. The molecular formula is C33H37Cl3N6O4. The summed E-state index contributed by atoms with van der Waals surface area (Å²) in [5, 5.41) is 1.20. The minimum Gasteiger partial charge on any atom is -0.495 e. The van der Waals surface area contributed by atoms with E-state index in [0.29, 0.717) is 54.3 Å². The van der Waals surface area contributed by atoms with Crippen LogP contribution >= 0.6 is 34.8 Å². The number of amides is 2. The van der Waals surface area contributed by atoms with E-state index < -0.39 is 0 Å². The van der Waals surface area contributed by atoms with Crippen LogP contribution in [-0.4, -0.2) is 104 Å². The molecule has 6 rings (SSSR count). The zero-order chi connectivity index (χ0) is 32.6. The molecule has 2 aliphatic heterocycles. The van der Waals surface area contributed by atoms with E-state index in [9.17, 15) is 9.59 Å². The Kier molecular flexibility index (Phi) is 11.4. The number of hydrogen-bond acceptors (Lipinski definition) is 7. The van der Waals surface area contributed by atoms with E-state index in [2.05, 4.69) is 14.8 Å². The molecule has 2 saturated heterocycles. The number of anilines is 2. The Morgan fingerprint density at radius 1 is 0.717 bits per heavy atom. The topological polar surface area (TPSA) is 83.4 Å². The Hall–Kier alpha value is -3.86. The number of piperazine rings is 2. The first-order valence-electron chi connectivity index (χ1n) is 15.0. The molecule has 0 spiro atoms. The number of benzene rings is 3. The Labute approximate surface area is 283 Å². The van der Waals surface area contributed by atoms with Crippen molar-refractivity contribution >= 4 is 69.0 Å². The highest BCUT2D eigenvalue weighted by molar-refractivity contribution is 6.32. The Morgan fingerprint density at radius 2 is 1.22 bits per heavy atom. The standard InChI is InChI=1S/C20H21ClN4O2.C13H16Cl2N2O2/c1-27-19-12-15(6-7-16(19)21)23-8-10-24(11-9-23)20(26)13-25-14-22-17-4-2-3-5-18(17)25;1-19-12-8-10(2-3-11(12)15)16-4-6-17(7-5-16)13(18)9-14/h2-7,12,14H,8-11,13H2,1H3;2-3,8H,4-7,9H2,1H3. The molecule has 2 aliphatic rings. The van der Waals surface area contributed by atoms with Gasteiger partial charge in [0.1, 0.15) is 23.9 Å². The van der Waals surface area contributed by atoms with Crippen LogP contribution in [-0.2, 0) is 16.1 Å². The molecule has 0 aliphatic carbocycles. The highest BCUT2D eigenvalue weighted by Crippen LogP contribution is 2.31. The Balaban J connectivity index is 0.000000193. The Bertz CT molecular complexity index is 1650. The van der Waals surface area contributed by atoms with Crippen molar-refractivity contribution in [1.82, 2.24) is 19.4 Å². The number of hydrogen-bond donors (Lipinski definition) is 0. The monoisotopic (exact) mass is 686 g/mol. The van der Waals surface area contributed by atoms with Crippen LogP contribution in [0.15, 0.2) is 67.0 Å². The normalized spacial score (nSPS) is 15.0. The van der Waals surface area contributed by atoms with Crippen LogP contribution in [0.3, 0.4) is 0 Å². The first-order chi connectivity index (χ1) is 22.3. The van der Waals surface area contributed by atoms with Crippen LogP contribution in [0.2, 0.25) is 10.0 Å². The molecule has 0 unspecified atom stereocenters. The van der Waals surface area contributed by atoms with Crippen molar-refractivity contribution < 1.29 is 19.1 Å². The van der Waals surface area contributed by atoms with E-state index in [0.717, 1.165) is 48.6 Å². The largest absolute Gasteiger partial charge is 0.495 e. The van der Waals surface area contributed by atoms with Gasteiger partial charge in [-0.2, -0.15) is 0 Å². The lowest BCUT2D eigenvalue weighted by molar-refractivity contribution is -0.132. The molecule has 3 aromatic carbocycles. The molecular weight excluding hydrogens is 651 g/mol. The van der Waals surface area contributed by atoms with E-state index in [1.54, 1.807) is 25.4 Å². The maximum Gasteiger partial charge on any atom is 0.242 e. The number of carbonyl (C=O) groups excluding carboxylic acids is 2. The highest BCUT2D eigenvalue weighted by atomic mass is 35.5. The van der Waals surface area contributed by atoms with Crippen LogP contribution in [0.25, 0.3) is 11.0 Å². The second-order valence-electron chi connectivity index (χ2n) is 10.9. The number of fused-ring (bicyclic) bond motifs is 1. The summed E-state index contributed by atoms with van der Waals surface area (Å²) in [4.78, 5) is 36.7. The van der Waals surface area contributed by atoms with Crippen molar-refractivity contribution in [2.24, 2.45) is 0 Å². The maximum absolute atomic E-state index is 12.7. The lowest BCUT2D eigenvalue weighted by Gasteiger charge is -2.36. The summed E-state index contributed by atoms with van der Waals surface area (Å²) in [5.74, 6) is 1.49. The number of alkyl halides is 1. The maximum atomic E-state index is 12.7. The molecule has 0 N–H and O–H groups in total. The fraction of sp³-hybridized carbons (Fsp3) is 0.364. The van der Waals surface area contributed by atoms with Gasteiger partial charge in [0, 0.05) is 75.9 Å². The molecule has 3 heterocycles. The summed E-state index contributed by atoms with van der Waals surface area (Å²) in [5.41, 5.74) is 4.01. The van der Waals surface area contributed by atoms with Crippen molar-refractivity contribution in [2.75, 3.05) is 82.3 Å². The van der Waals surface area contributed by atoms with Crippen LogP contribution < -0.4 is 19.3 Å². The fourth-order valence-corrected chi connectivity index (χ4v) is 6.14. The van der Waals surface area contributed by atoms with Gasteiger partial charge < -0.3 is 33.6 Å². The lowest BCUT2D eigenvalue weighted by Crippen LogP contribution is -2.49. The summed E-state index contributed by atoms with van der Waals surface area (Å²) in [6.45, 7) is 6.21. The number of carbonyl (C=O) groups is 2. The van der Waals surface area contributed by atoms with E-state index in [4.69, 9.17) is 44.3 Å². The molecule has 244 valence electrons. The molecule has 4 aromatic rings. The highest BCUT2D eigenvalue weighted by Gasteiger charge is 2.23. The predicted octanol–water partition coefficient (Wildman–Crippen LogP) is 5.28. The van der Waals surface area contributed by atoms with Gasteiger partial charge >= 0.3 is 0 Å². The van der Waals surface area contributed by atoms with Crippen LogP contribution in [0, 0.1) is 0 Å². The van der Waals surface area contributed by atoms with Gasteiger partial charge in [0.15, 0.2) is 0 Å². The first-order valence-corrected chi connectivity index (χ1v) is 16.3. The number of para-hydroxylation sites is 2. The predicted molar refractivity (Wildman–Crippen MR) is 184 cm³/mol.